The number of esters is 1. The molecule has 0 spiro atoms. The van der Waals surface area contributed by atoms with Crippen molar-refractivity contribution in [3.63, 3.8) is 0 Å². The Bertz CT molecular complexity index is 1360. The fourth-order valence-corrected chi connectivity index (χ4v) is 6.36. The van der Waals surface area contributed by atoms with E-state index in [4.69, 9.17) is 28.7 Å². The maximum atomic E-state index is 14.0. The van der Waals surface area contributed by atoms with Gasteiger partial charge in [-0.2, -0.15) is 0 Å². The predicted octanol–water partition coefficient (Wildman–Crippen LogP) is 5.78. The molecule has 0 aromatic heterocycles. The molecule has 0 saturated heterocycles. The first-order valence-electron chi connectivity index (χ1n) is 13.8. The average Bonchev–Trinajstić information content (AvgIpc) is 3.48. The molecule has 8 heteroatoms. The van der Waals surface area contributed by atoms with Crippen LogP contribution in [0, 0.1) is 5.92 Å². The second-order valence-electron chi connectivity index (χ2n) is 10.7. The van der Waals surface area contributed by atoms with Gasteiger partial charge >= 0.3 is 5.97 Å². The first-order valence-corrected chi connectivity index (χ1v) is 13.8. The largest absolute Gasteiger partial charge is 0.493 e. The van der Waals surface area contributed by atoms with Gasteiger partial charge in [-0.05, 0) is 80.3 Å². The Morgan fingerprint density at radius 1 is 0.800 bits per heavy atom. The summed E-state index contributed by atoms with van der Waals surface area (Å²) in [5, 5.41) is 0. The van der Waals surface area contributed by atoms with E-state index in [1.807, 2.05) is 43.3 Å². The number of carbonyl (C=O) groups excluding carboxylic acids is 2. The van der Waals surface area contributed by atoms with Crippen LogP contribution in [-0.4, -0.2) is 52.0 Å². The lowest BCUT2D eigenvalue weighted by atomic mass is 9.69. The zero-order valence-electron chi connectivity index (χ0n) is 23.8. The van der Waals surface area contributed by atoms with Gasteiger partial charge in [-0.1, -0.05) is 12.1 Å². The fourth-order valence-electron chi connectivity index (χ4n) is 6.36. The molecule has 1 saturated carbocycles. The summed E-state index contributed by atoms with van der Waals surface area (Å²) in [5.74, 6) is 0.733. The SMILES string of the molecule is COc1ccc([C@H]2CC(=O)C3=C(C2)N=C(C)C(C(=O)OC2CCCC2)[C@@H]3c2ccc(OC)c(OC)c2)cc1OC. The van der Waals surface area contributed by atoms with Crippen molar-refractivity contribution in [1.82, 2.24) is 0 Å². The number of hydrogen-bond acceptors (Lipinski definition) is 8. The van der Waals surface area contributed by atoms with Gasteiger partial charge in [-0.15, -0.1) is 0 Å². The maximum absolute atomic E-state index is 14.0. The summed E-state index contributed by atoms with van der Waals surface area (Å²) in [4.78, 5) is 32.6. The molecule has 0 amide bonds. The molecule has 0 bridgehead atoms. The van der Waals surface area contributed by atoms with Gasteiger partial charge in [0, 0.05) is 29.3 Å². The van der Waals surface area contributed by atoms with Crippen molar-refractivity contribution in [2.75, 3.05) is 28.4 Å². The van der Waals surface area contributed by atoms with E-state index in [2.05, 4.69) is 0 Å². The Morgan fingerprint density at radius 3 is 1.98 bits per heavy atom. The minimum absolute atomic E-state index is 0.0178. The molecule has 212 valence electrons. The van der Waals surface area contributed by atoms with E-state index in [0.29, 0.717) is 47.1 Å². The van der Waals surface area contributed by atoms with Gasteiger partial charge in [-0.25, -0.2) is 0 Å². The van der Waals surface area contributed by atoms with E-state index in [1.54, 1.807) is 28.4 Å². The Labute approximate surface area is 235 Å². The Morgan fingerprint density at radius 2 is 1.38 bits per heavy atom. The summed E-state index contributed by atoms with van der Waals surface area (Å²) in [6, 6.07) is 11.3. The first-order chi connectivity index (χ1) is 19.4. The number of carbonyl (C=O) groups is 2. The smallest absolute Gasteiger partial charge is 0.315 e. The molecule has 1 aliphatic heterocycles. The third kappa shape index (κ3) is 5.19. The molecule has 3 atom stereocenters. The molecule has 40 heavy (non-hydrogen) atoms. The lowest BCUT2D eigenvalue weighted by molar-refractivity contribution is -0.151. The zero-order chi connectivity index (χ0) is 28.4. The van der Waals surface area contributed by atoms with E-state index in [-0.39, 0.29) is 23.8 Å². The van der Waals surface area contributed by atoms with Gasteiger partial charge < -0.3 is 23.7 Å². The Hall–Kier alpha value is -3.81. The Balaban J connectivity index is 1.56. The van der Waals surface area contributed by atoms with Gasteiger partial charge in [0.1, 0.15) is 12.0 Å². The van der Waals surface area contributed by atoms with Gasteiger partial charge in [0.15, 0.2) is 28.8 Å². The van der Waals surface area contributed by atoms with E-state index in [0.717, 1.165) is 42.5 Å². The fraction of sp³-hybridized carbons (Fsp3) is 0.469. The van der Waals surface area contributed by atoms with Crippen molar-refractivity contribution in [3.05, 3.63) is 58.8 Å². The lowest BCUT2D eigenvalue weighted by Gasteiger charge is -2.37. The van der Waals surface area contributed by atoms with Crippen molar-refractivity contribution < 1.29 is 33.3 Å². The van der Waals surface area contributed by atoms with Crippen LogP contribution in [0.4, 0.5) is 0 Å². The normalized spacial score (nSPS) is 22.9. The number of hydrogen-bond donors (Lipinski definition) is 0. The van der Waals surface area contributed by atoms with Crippen LogP contribution < -0.4 is 18.9 Å². The van der Waals surface area contributed by atoms with Crippen LogP contribution in [0.2, 0.25) is 0 Å². The molecule has 2 aromatic rings. The van der Waals surface area contributed by atoms with Crippen molar-refractivity contribution in [1.29, 1.82) is 0 Å². The number of nitrogens with zero attached hydrogens (tertiary/aromatic N) is 1. The second-order valence-corrected chi connectivity index (χ2v) is 10.7. The van der Waals surface area contributed by atoms with Crippen LogP contribution in [0.25, 0.3) is 0 Å². The van der Waals surface area contributed by atoms with Crippen LogP contribution in [-0.2, 0) is 14.3 Å². The molecule has 2 aliphatic carbocycles. The van der Waals surface area contributed by atoms with Crippen LogP contribution >= 0.6 is 0 Å². The molecule has 1 fully saturated rings. The number of ether oxygens (including phenoxy) is 5. The van der Waals surface area contributed by atoms with E-state index >= 15 is 0 Å². The summed E-state index contributed by atoms with van der Waals surface area (Å²) in [6.07, 6.45) is 4.64. The van der Waals surface area contributed by atoms with Gasteiger partial charge in [0.25, 0.3) is 0 Å². The average molecular weight is 548 g/mol. The van der Waals surface area contributed by atoms with Crippen LogP contribution in [0.3, 0.4) is 0 Å². The standard InChI is InChI=1S/C32H37NO7/c1-18-29(32(35)40-22-8-6-7-9-22)30(20-11-13-26(37-3)28(17-20)39-5)31-23(33-18)14-21(15-24(31)34)19-10-12-25(36-2)27(16-19)38-4/h10-13,16-17,21-22,29-30H,6-9,14-15H2,1-5H3/t21-,29?,30+/m1/s1. The third-order valence-electron chi connectivity index (χ3n) is 8.37. The highest BCUT2D eigenvalue weighted by molar-refractivity contribution is 6.09. The number of ketones is 1. The monoisotopic (exact) mass is 547 g/mol. The molecule has 3 aliphatic rings. The summed E-state index contributed by atoms with van der Waals surface area (Å²) in [5.41, 5.74) is 3.74. The van der Waals surface area contributed by atoms with Crippen LogP contribution in [0.1, 0.15) is 68.4 Å². The summed E-state index contributed by atoms with van der Waals surface area (Å²) < 4.78 is 27.9. The van der Waals surface area contributed by atoms with E-state index in [9.17, 15) is 9.59 Å². The molecular formula is C32H37NO7. The molecule has 8 nitrogen and oxygen atoms in total. The molecule has 2 aromatic carbocycles. The predicted molar refractivity (Wildman–Crippen MR) is 151 cm³/mol. The quantitative estimate of drug-likeness (QED) is 0.387. The molecule has 5 rings (SSSR count). The first kappa shape index (κ1) is 27.7. The number of methoxy groups -OCH3 is 4. The number of Topliss-reactive ketones (excluding diaryl/α,β-unsaturated/α-hetero) is 1. The minimum Gasteiger partial charge on any atom is -0.493 e. The van der Waals surface area contributed by atoms with Crippen LogP contribution in [0.15, 0.2) is 52.7 Å². The Kier molecular flexibility index (Phi) is 8.14. The van der Waals surface area contributed by atoms with Crippen molar-refractivity contribution in [3.8, 4) is 23.0 Å². The van der Waals surface area contributed by atoms with Crippen LogP contribution in [0.5, 0.6) is 23.0 Å². The van der Waals surface area contributed by atoms with Gasteiger partial charge in [0.2, 0.25) is 0 Å². The highest BCUT2D eigenvalue weighted by atomic mass is 16.5. The van der Waals surface area contributed by atoms with Crippen molar-refractivity contribution >= 4 is 17.5 Å². The molecular weight excluding hydrogens is 510 g/mol. The summed E-state index contributed by atoms with van der Waals surface area (Å²) >= 11 is 0. The highest BCUT2D eigenvalue weighted by Crippen LogP contribution is 2.48. The number of allylic oxidation sites excluding steroid dienone is 2. The van der Waals surface area contributed by atoms with Crippen molar-refractivity contribution in [2.45, 2.75) is 63.4 Å². The van der Waals surface area contributed by atoms with E-state index < -0.39 is 11.8 Å². The number of rotatable bonds is 8. The molecule has 0 N–H and O–H groups in total. The summed E-state index contributed by atoms with van der Waals surface area (Å²) in [6.45, 7) is 1.86. The number of benzene rings is 2. The minimum atomic E-state index is -0.695. The number of aliphatic imine (C=N–C) groups is 1. The van der Waals surface area contributed by atoms with Gasteiger partial charge in [-0.3, -0.25) is 14.6 Å². The topological polar surface area (TPSA) is 92.7 Å². The third-order valence-corrected chi connectivity index (χ3v) is 8.37. The van der Waals surface area contributed by atoms with Gasteiger partial charge in [0.05, 0.1) is 28.4 Å². The maximum Gasteiger partial charge on any atom is 0.315 e. The second kappa shape index (κ2) is 11.7. The molecule has 1 heterocycles. The van der Waals surface area contributed by atoms with E-state index in [1.165, 1.54) is 0 Å². The molecule has 1 unspecified atom stereocenters. The molecule has 0 radical (unpaired) electrons. The summed E-state index contributed by atoms with van der Waals surface area (Å²) in [7, 11) is 6.35. The zero-order valence-corrected chi connectivity index (χ0v) is 23.8. The lowest BCUT2D eigenvalue weighted by Crippen LogP contribution is -2.39. The van der Waals surface area contributed by atoms with Crippen molar-refractivity contribution in [2.24, 2.45) is 10.9 Å². The highest BCUT2D eigenvalue weighted by Gasteiger charge is 2.45.